The van der Waals surface area contributed by atoms with Gasteiger partial charge in [0.05, 0.1) is 19.2 Å². The monoisotopic (exact) mass is 452 g/mol. The van der Waals surface area contributed by atoms with Gasteiger partial charge < -0.3 is 29.9 Å². The molecule has 0 bridgehead atoms. The normalized spacial score (nSPS) is 19.2. The fraction of sp³-hybridized carbons (Fsp3) is 0.667. The van der Waals surface area contributed by atoms with Crippen LogP contribution in [-0.2, 0) is 23.9 Å². The second-order valence-corrected chi connectivity index (χ2v) is 8.21. The summed E-state index contributed by atoms with van der Waals surface area (Å²) in [6.45, 7) is 7.45. The highest BCUT2D eigenvalue weighted by Gasteiger charge is 2.49. The Hall–Kier alpha value is -2.79. The fourth-order valence-corrected chi connectivity index (χ4v) is 2.91. The van der Waals surface area contributed by atoms with E-state index in [1.54, 1.807) is 13.8 Å². The predicted molar refractivity (Wildman–Crippen MR) is 113 cm³/mol. The third-order valence-corrected chi connectivity index (χ3v) is 5.14. The number of Topliss-reactive ketones (excluding diaryl/α,β-unsaturated/α-hetero) is 1. The number of nitrogens with zero attached hydrogens (tertiary/aromatic N) is 1. The summed E-state index contributed by atoms with van der Waals surface area (Å²) in [5.74, 6) is -1.24. The van der Waals surface area contributed by atoms with Crippen LogP contribution in [0.2, 0.25) is 0 Å². The second kappa shape index (κ2) is 11.2. The first kappa shape index (κ1) is 25.5. The Balaban J connectivity index is 1.91. The van der Waals surface area contributed by atoms with Gasteiger partial charge in [-0.25, -0.2) is 0 Å². The van der Waals surface area contributed by atoms with Crippen LogP contribution in [-0.4, -0.2) is 73.2 Å². The number of ether oxygens (including phenoxy) is 2. The Morgan fingerprint density at radius 1 is 1.22 bits per heavy atom. The molecule has 2 rings (SSSR count). The first-order valence-corrected chi connectivity index (χ1v) is 10.6. The zero-order chi connectivity index (χ0) is 23.9. The maximum atomic E-state index is 12.6. The molecular formula is C21H32N4O7. The number of nitrogens with one attached hydrogen (secondary N) is 3. The molecule has 3 N–H and O–H groups in total. The van der Waals surface area contributed by atoms with Crippen LogP contribution < -0.4 is 16.0 Å². The molecule has 2 heterocycles. The Bertz CT molecular complexity index is 832. The van der Waals surface area contributed by atoms with Crippen LogP contribution in [0.15, 0.2) is 10.6 Å². The van der Waals surface area contributed by atoms with E-state index in [-0.39, 0.29) is 37.0 Å². The van der Waals surface area contributed by atoms with E-state index in [1.165, 1.54) is 13.2 Å². The first-order chi connectivity index (χ1) is 15.1. The largest absolute Gasteiger partial charge is 0.385 e. The average molecular weight is 453 g/mol. The van der Waals surface area contributed by atoms with E-state index >= 15 is 0 Å². The van der Waals surface area contributed by atoms with E-state index in [0.717, 1.165) is 0 Å². The lowest BCUT2D eigenvalue weighted by Gasteiger charge is -2.20. The molecular weight excluding hydrogens is 420 g/mol. The number of amides is 3. The second-order valence-electron chi connectivity index (χ2n) is 8.21. The number of aromatic nitrogens is 1. The number of rotatable bonds is 13. The van der Waals surface area contributed by atoms with Crippen molar-refractivity contribution in [1.29, 1.82) is 0 Å². The van der Waals surface area contributed by atoms with E-state index in [1.807, 2.05) is 13.8 Å². The van der Waals surface area contributed by atoms with Gasteiger partial charge in [-0.15, -0.1) is 0 Å². The molecule has 0 aliphatic carbocycles. The van der Waals surface area contributed by atoms with Gasteiger partial charge in [0.1, 0.15) is 17.4 Å². The van der Waals surface area contributed by atoms with Crippen LogP contribution in [0.1, 0.15) is 62.7 Å². The third-order valence-electron chi connectivity index (χ3n) is 5.14. The molecule has 178 valence electrons. The maximum Gasteiger partial charge on any atom is 0.274 e. The van der Waals surface area contributed by atoms with Gasteiger partial charge in [0, 0.05) is 25.7 Å². The summed E-state index contributed by atoms with van der Waals surface area (Å²) in [6.07, 6.45) is 0.594. The quantitative estimate of drug-likeness (QED) is 0.361. The van der Waals surface area contributed by atoms with Crippen LogP contribution in [0.25, 0.3) is 0 Å². The fourth-order valence-electron chi connectivity index (χ4n) is 2.91. The van der Waals surface area contributed by atoms with Crippen molar-refractivity contribution in [1.82, 2.24) is 21.1 Å². The van der Waals surface area contributed by atoms with Crippen molar-refractivity contribution in [3.8, 4) is 0 Å². The Labute approximate surface area is 186 Å². The molecule has 1 aliphatic rings. The minimum absolute atomic E-state index is 0.0572. The molecule has 0 spiro atoms. The van der Waals surface area contributed by atoms with Crippen molar-refractivity contribution < 1.29 is 33.2 Å². The molecule has 1 saturated heterocycles. The van der Waals surface area contributed by atoms with E-state index in [4.69, 9.17) is 14.0 Å². The van der Waals surface area contributed by atoms with Gasteiger partial charge in [-0.05, 0) is 19.8 Å². The molecule has 11 nitrogen and oxygen atoms in total. The number of hydrogen-bond acceptors (Lipinski definition) is 8. The third kappa shape index (κ3) is 6.86. The molecule has 2 unspecified atom stereocenters. The van der Waals surface area contributed by atoms with Crippen molar-refractivity contribution in [2.75, 3.05) is 26.9 Å². The number of carbonyl (C=O) groups excluding carboxylic acids is 4. The summed E-state index contributed by atoms with van der Waals surface area (Å²) < 4.78 is 15.3. The molecule has 3 atom stereocenters. The van der Waals surface area contributed by atoms with Gasteiger partial charge in [0.25, 0.3) is 5.91 Å². The number of hydrogen-bond donors (Lipinski definition) is 3. The molecule has 3 amide bonds. The van der Waals surface area contributed by atoms with Gasteiger partial charge in [-0.3, -0.25) is 19.2 Å². The molecule has 0 radical (unpaired) electrons. The van der Waals surface area contributed by atoms with E-state index in [9.17, 15) is 19.2 Å². The number of carbonyl (C=O) groups is 4. The number of epoxide rings is 1. The summed E-state index contributed by atoms with van der Waals surface area (Å²) in [7, 11) is 1.47. The van der Waals surface area contributed by atoms with Crippen LogP contribution in [0, 0.1) is 0 Å². The van der Waals surface area contributed by atoms with Crippen LogP contribution in [0.3, 0.4) is 0 Å². The molecule has 1 aromatic rings. The molecule has 0 aromatic carbocycles. The predicted octanol–water partition coefficient (Wildman–Crippen LogP) is 0.302. The lowest BCUT2D eigenvalue weighted by molar-refractivity contribution is -0.131. The standard InChI is InChI=1S/C21H32N4O7/c1-6-13(18(27)21(4)11-31-21)23-17(26)10-22-19(28)14(7-8-30-5)24-20(29)15-9-16(12(2)3)32-25-15/h9,12-14H,6-8,10-11H2,1-5H3,(H,22,28)(H,23,26)(H,24,29)/t13-,14?,21?/m0/s1. The first-order valence-electron chi connectivity index (χ1n) is 10.6. The zero-order valence-corrected chi connectivity index (χ0v) is 19.1. The topological polar surface area (TPSA) is 152 Å². The smallest absolute Gasteiger partial charge is 0.274 e. The minimum atomic E-state index is -0.947. The van der Waals surface area contributed by atoms with Crippen molar-refractivity contribution in [3.63, 3.8) is 0 Å². The van der Waals surface area contributed by atoms with Crippen molar-refractivity contribution in [2.45, 2.75) is 64.1 Å². The summed E-state index contributed by atoms with van der Waals surface area (Å²) in [5, 5.41) is 11.4. The molecule has 1 fully saturated rings. The van der Waals surface area contributed by atoms with E-state index < -0.39 is 35.4 Å². The van der Waals surface area contributed by atoms with E-state index in [0.29, 0.717) is 18.8 Å². The molecule has 1 aromatic heterocycles. The summed E-state index contributed by atoms with van der Waals surface area (Å²) in [5.41, 5.74) is -0.787. The Kier molecular flexibility index (Phi) is 8.90. The van der Waals surface area contributed by atoms with Crippen molar-refractivity contribution >= 4 is 23.5 Å². The van der Waals surface area contributed by atoms with Crippen molar-refractivity contribution in [2.24, 2.45) is 0 Å². The SMILES string of the molecule is CC[C@H](NC(=O)CNC(=O)C(CCOC)NC(=O)c1cc(C(C)C)on1)C(=O)C1(C)CO1. The Morgan fingerprint density at radius 2 is 1.91 bits per heavy atom. The lowest BCUT2D eigenvalue weighted by atomic mass is 9.99. The van der Waals surface area contributed by atoms with Crippen molar-refractivity contribution in [3.05, 3.63) is 17.5 Å². The number of ketones is 1. The van der Waals surface area contributed by atoms with Gasteiger partial charge in [0.2, 0.25) is 11.8 Å². The van der Waals surface area contributed by atoms with Gasteiger partial charge in [-0.2, -0.15) is 0 Å². The van der Waals surface area contributed by atoms with Crippen LogP contribution in [0.4, 0.5) is 0 Å². The van der Waals surface area contributed by atoms with Crippen LogP contribution >= 0.6 is 0 Å². The molecule has 1 aliphatic heterocycles. The highest BCUT2D eigenvalue weighted by atomic mass is 16.6. The maximum absolute atomic E-state index is 12.6. The average Bonchev–Trinajstić information content (AvgIpc) is 3.31. The van der Waals surface area contributed by atoms with Crippen LogP contribution in [0.5, 0.6) is 0 Å². The Morgan fingerprint density at radius 3 is 2.44 bits per heavy atom. The summed E-state index contributed by atoms with van der Waals surface area (Å²) in [6, 6.07) is -0.125. The summed E-state index contributed by atoms with van der Waals surface area (Å²) in [4.78, 5) is 49.7. The lowest BCUT2D eigenvalue weighted by Crippen LogP contribution is -2.52. The summed E-state index contributed by atoms with van der Waals surface area (Å²) >= 11 is 0. The highest BCUT2D eigenvalue weighted by Crippen LogP contribution is 2.28. The molecule has 32 heavy (non-hydrogen) atoms. The molecule has 11 heteroatoms. The highest BCUT2D eigenvalue weighted by molar-refractivity contribution is 5.98. The minimum Gasteiger partial charge on any atom is -0.385 e. The van der Waals surface area contributed by atoms with Gasteiger partial charge in [0.15, 0.2) is 11.5 Å². The molecule has 0 saturated carbocycles. The zero-order valence-electron chi connectivity index (χ0n) is 19.1. The van der Waals surface area contributed by atoms with Gasteiger partial charge in [-0.1, -0.05) is 25.9 Å². The van der Waals surface area contributed by atoms with E-state index in [2.05, 4.69) is 21.1 Å². The van der Waals surface area contributed by atoms with Gasteiger partial charge >= 0.3 is 0 Å². The number of methoxy groups -OCH3 is 1.